The number of hydrogen-bond acceptors (Lipinski definition) is 5. The van der Waals surface area contributed by atoms with Gasteiger partial charge in [0.2, 0.25) is 0 Å². The van der Waals surface area contributed by atoms with Gasteiger partial charge in [0.25, 0.3) is 11.5 Å². The van der Waals surface area contributed by atoms with Crippen molar-refractivity contribution < 1.29 is 14.3 Å². The van der Waals surface area contributed by atoms with Crippen molar-refractivity contribution in [3.63, 3.8) is 0 Å². The van der Waals surface area contributed by atoms with Crippen molar-refractivity contribution in [2.45, 2.75) is 6.92 Å². The van der Waals surface area contributed by atoms with Crippen LogP contribution in [0.2, 0.25) is 0 Å². The number of aryl methyl sites for hydroxylation is 1. The molecule has 0 saturated heterocycles. The van der Waals surface area contributed by atoms with Crippen molar-refractivity contribution in [2.24, 2.45) is 0 Å². The number of nitrogens with zero attached hydrogens (tertiary/aromatic N) is 2. The van der Waals surface area contributed by atoms with Gasteiger partial charge in [0, 0.05) is 33.7 Å². The van der Waals surface area contributed by atoms with E-state index in [9.17, 15) is 9.59 Å². The standard InChI is InChI=1S/C24H20BrN3O4/c1-14-10-15(25)8-9-21(14)26-23(29)22-19-6-4-5-7-20(19)24(30)28(27-22)16-11-17(31-2)13-18(12-16)32-3/h4-13H,1-3H3,(H,26,29). The van der Waals surface area contributed by atoms with Crippen LogP contribution in [0, 0.1) is 6.92 Å². The minimum Gasteiger partial charge on any atom is -0.497 e. The SMILES string of the molecule is COc1cc(OC)cc(-n2nc(C(=O)Nc3ccc(Br)cc3C)c3ccccc3c2=O)c1. The first kappa shape index (κ1) is 21.6. The molecule has 0 unspecified atom stereocenters. The molecular formula is C24H20BrN3O4. The van der Waals surface area contributed by atoms with Gasteiger partial charge in [-0.1, -0.05) is 34.1 Å². The molecule has 0 aliphatic heterocycles. The summed E-state index contributed by atoms with van der Waals surface area (Å²) in [6.07, 6.45) is 0. The monoisotopic (exact) mass is 493 g/mol. The molecule has 4 aromatic rings. The predicted molar refractivity (Wildman–Crippen MR) is 127 cm³/mol. The van der Waals surface area contributed by atoms with Gasteiger partial charge in [-0.05, 0) is 36.8 Å². The molecule has 8 heteroatoms. The molecule has 1 heterocycles. The highest BCUT2D eigenvalue weighted by atomic mass is 79.9. The fraction of sp³-hybridized carbons (Fsp3) is 0.125. The van der Waals surface area contributed by atoms with Gasteiger partial charge >= 0.3 is 0 Å². The molecule has 0 atom stereocenters. The molecule has 0 saturated carbocycles. The van der Waals surface area contributed by atoms with E-state index in [4.69, 9.17) is 9.47 Å². The third-order valence-corrected chi connectivity index (χ3v) is 5.53. The quantitative estimate of drug-likeness (QED) is 0.434. The summed E-state index contributed by atoms with van der Waals surface area (Å²) in [5.41, 5.74) is 1.75. The lowest BCUT2D eigenvalue weighted by Crippen LogP contribution is -2.26. The zero-order chi connectivity index (χ0) is 22.8. The highest BCUT2D eigenvalue weighted by Crippen LogP contribution is 2.26. The lowest BCUT2D eigenvalue weighted by atomic mass is 10.1. The maximum absolute atomic E-state index is 13.3. The highest BCUT2D eigenvalue weighted by Gasteiger charge is 2.19. The molecule has 3 aromatic carbocycles. The minimum absolute atomic E-state index is 0.129. The van der Waals surface area contributed by atoms with Gasteiger partial charge in [0.15, 0.2) is 5.69 Å². The Morgan fingerprint density at radius 1 is 0.969 bits per heavy atom. The topological polar surface area (TPSA) is 82.4 Å². The third kappa shape index (κ3) is 4.09. The van der Waals surface area contributed by atoms with Crippen molar-refractivity contribution in [1.29, 1.82) is 0 Å². The molecular weight excluding hydrogens is 474 g/mol. The number of benzene rings is 3. The van der Waals surface area contributed by atoms with Gasteiger partial charge in [-0.3, -0.25) is 9.59 Å². The van der Waals surface area contributed by atoms with E-state index < -0.39 is 5.91 Å². The smallest absolute Gasteiger partial charge is 0.279 e. The van der Waals surface area contributed by atoms with E-state index in [2.05, 4.69) is 26.3 Å². The molecule has 162 valence electrons. The Morgan fingerprint density at radius 3 is 2.25 bits per heavy atom. The van der Waals surface area contributed by atoms with Crippen LogP contribution >= 0.6 is 15.9 Å². The maximum Gasteiger partial charge on any atom is 0.279 e. The van der Waals surface area contributed by atoms with Gasteiger partial charge in [-0.15, -0.1) is 0 Å². The molecule has 7 nitrogen and oxygen atoms in total. The molecule has 0 fully saturated rings. The number of nitrogens with one attached hydrogen (secondary N) is 1. The van der Waals surface area contributed by atoms with E-state index in [1.165, 1.54) is 18.9 Å². The zero-order valence-corrected chi connectivity index (χ0v) is 19.3. The summed E-state index contributed by atoms with van der Waals surface area (Å²) < 4.78 is 12.7. The maximum atomic E-state index is 13.3. The van der Waals surface area contributed by atoms with Crippen LogP contribution in [0.4, 0.5) is 5.69 Å². The Labute approximate surface area is 192 Å². The molecule has 1 N–H and O–H groups in total. The van der Waals surface area contributed by atoms with Crippen LogP contribution in [0.1, 0.15) is 16.1 Å². The minimum atomic E-state index is -0.421. The normalized spacial score (nSPS) is 10.8. The van der Waals surface area contributed by atoms with Gasteiger partial charge in [-0.2, -0.15) is 9.78 Å². The van der Waals surface area contributed by atoms with Gasteiger partial charge in [0.05, 0.1) is 25.3 Å². The van der Waals surface area contributed by atoms with Crippen molar-refractivity contribution >= 4 is 38.3 Å². The van der Waals surface area contributed by atoms with Gasteiger partial charge < -0.3 is 14.8 Å². The Bertz CT molecular complexity index is 1380. The molecule has 0 bridgehead atoms. The summed E-state index contributed by atoms with van der Waals surface area (Å²) in [6, 6.07) is 17.5. The molecule has 0 spiro atoms. The number of carbonyl (C=O) groups is 1. The van der Waals surface area contributed by atoms with E-state index in [0.717, 1.165) is 10.0 Å². The van der Waals surface area contributed by atoms with E-state index in [1.807, 2.05) is 25.1 Å². The number of hydrogen-bond donors (Lipinski definition) is 1. The first-order valence-corrected chi connectivity index (χ1v) is 10.5. The van der Waals surface area contributed by atoms with Crippen LogP contribution in [-0.2, 0) is 0 Å². The Morgan fingerprint density at radius 2 is 1.62 bits per heavy atom. The number of aromatic nitrogens is 2. The number of fused-ring (bicyclic) bond motifs is 1. The molecule has 0 radical (unpaired) electrons. The largest absolute Gasteiger partial charge is 0.497 e. The average molecular weight is 494 g/mol. The molecule has 1 aromatic heterocycles. The summed E-state index contributed by atoms with van der Waals surface area (Å²) in [5, 5.41) is 8.18. The Hall–Kier alpha value is -3.65. The number of ether oxygens (including phenoxy) is 2. The second-order valence-corrected chi connectivity index (χ2v) is 8.01. The summed E-state index contributed by atoms with van der Waals surface area (Å²) in [5.74, 6) is 0.575. The summed E-state index contributed by atoms with van der Waals surface area (Å²) in [6.45, 7) is 1.90. The van der Waals surface area contributed by atoms with Crippen molar-refractivity contribution in [3.8, 4) is 17.2 Å². The third-order valence-electron chi connectivity index (χ3n) is 5.04. The van der Waals surface area contributed by atoms with E-state index in [-0.39, 0.29) is 11.3 Å². The summed E-state index contributed by atoms with van der Waals surface area (Å²) >= 11 is 3.42. The van der Waals surface area contributed by atoms with Crippen LogP contribution in [0.3, 0.4) is 0 Å². The molecule has 0 aliphatic carbocycles. The zero-order valence-electron chi connectivity index (χ0n) is 17.7. The van der Waals surface area contributed by atoms with Crippen LogP contribution in [-0.4, -0.2) is 29.9 Å². The van der Waals surface area contributed by atoms with E-state index in [1.54, 1.807) is 42.5 Å². The molecule has 1 amide bonds. The first-order valence-electron chi connectivity index (χ1n) is 9.74. The fourth-order valence-electron chi connectivity index (χ4n) is 3.40. The second kappa shape index (κ2) is 8.84. The van der Waals surface area contributed by atoms with Crippen LogP contribution in [0.25, 0.3) is 16.5 Å². The highest BCUT2D eigenvalue weighted by molar-refractivity contribution is 9.10. The lowest BCUT2D eigenvalue weighted by Gasteiger charge is -2.14. The van der Waals surface area contributed by atoms with E-state index in [0.29, 0.717) is 33.6 Å². The number of methoxy groups -OCH3 is 2. The van der Waals surface area contributed by atoms with Crippen molar-refractivity contribution in [2.75, 3.05) is 19.5 Å². The fourth-order valence-corrected chi connectivity index (χ4v) is 3.87. The first-order chi connectivity index (χ1) is 15.4. The number of anilines is 1. The van der Waals surface area contributed by atoms with Crippen LogP contribution < -0.4 is 20.3 Å². The van der Waals surface area contributed by atoms with Crippen molar-refractivity contribution in [1.82, 2.24) is 9.78 Å². The predicted octanol–water partition coefficient (Wildman–Crippen LogP) is 4.73. The number of carbonyl (C=O) groups excluding carboxylic acids is 1. The number of rotatable bonds is 5. The molecule has 0 aliphatic rings. The summed E-state index contributed by atoms with van der Waals surface area (Å²) in [4.78, 5) is 26.5. The van der Waals surface area contributed by atoms with Gasteiger partial charge in [-0.25, -0.2) is 0 Å². The number of amides is 1. The Kier molecular flexibility index (Phi) is 5.96. The van der Waals surface area contributed by atoms with Crippen LogP contribution in [0.5, 0.6) is 11.5 Å². The average Bonchev–Trinajstić information content (AvgIpc) is 2.80. The molecule has 32 heavy (non-hydrogen) atoms. The van der Waals surface area contributed by atoms with Crippen LogP contribution in [0.15, 0.2) is 69.9 Å². The second-order valence-electron chi connectivity index (χ2n) is 7.10. The molecule has 4 rings (SSSR count). The Balaban J connectivity index is 1.89. The van der Waals surface area contributed by atoms with Crippen molar-refractivity contribution in [3.05, 3.63) is 86.7 Å². The summed E-state index contributed by atoms with van der Waals surface area (Å²) in [7, 11) is 3.04. The van der Waals surface area contributed by atoms with Gasteiger partial charge in [0.1, 0.15) is 11.5 Å². The lowest BCUT2D eigenvalue weighted by molar-refractivity contribution is 0.102. The van der Waals surface area contributed by atoms with E-state index >= 15 is 0 Å². The number of halogens is 1.